The second kappa shape index (κ2) is 4.67. The molecule has 0 fully saturated rings. The molecule has 13 heavy (non-hydrogen) atoms. The molecule has 0 bridgehead atoms. The Kier molecular flexibility index (Phi) is 3.81. The van der Waals surface area contributed by atoms with Crippen LogP contribution in [0, 0.1) is 9.02 Å². The van der Waals surface area contributed by atoms with E-state index in [-0.39, 0.29) is 0 Å². The van der Waals surface area contributed by atoms with Gasteiger partial charge in [-0.15, -0.1) is 0 Å². The van der Waals surface area contributed by atoms with E-state index >= 15 is 0 Å². The van der Waals surface area contributed by atoms with E-state index in [1.165, 1.54) is 6.42 Å². The van der Waals surface area contributed by atoms with E-state index in [9.17, 15) is 0 Å². The van der Waals surface area contributed by atoms with Crippen LogP contribution in [-0.2, 0) is 0 Å². The Morgan fingerprint density at radius 2 is 1.77 bits per heavy atom. The van der Waals surface area contributed by atoms with Crippen molar-refractivity contribution in [1.29, 1.82) is 0 Å². The van der Waals surface area contributed by atoms with Crippen molar-refractivity contribution in [2.75, 3.05) is 24.2 Å². The minimum absolute atomic E-state index is 0.788. The topological polar surface area (TPSA) is 24.1 Å². The van der Waals surface area contributed by atoms with Gasteiger partial charge in [0.1, 0.15) is 0 Å². The van der Waals surface area contributed by atoms with Crippen LogP contribution in [0.5, 0.6) is 0 Å². The standard InChI is InChI=1S/C9H14N2S2/c1-3-4-5-11-7-6(10-2)8(12)9(7)13/h10-11H,3-5H2,1-2H3. The molecule has 0 saturated carbocycles. The Morgan fingerprint density at radius 1 is 1.15 bits per heavy atom. The van der Waals surface area contributed by atoms with E-state index in [0.717, 1.165) is 33.4 Å². The van der Waals surface area contributed by atoms with E-state index in [2.05, 4.69) is 17.6 Å². The molecule has 72 valence electrons. The van der Waals surface area contributed by atoms with Crippen LogP contribution in [0.4, 0.5) is 11.4 Å². The molecule has 1 aromatic rings. The van der Waals surface area contributed by atoms with E-state index < -0.39 is 0 Å². The van der Waals surface area contributed by atoms with Crippen LogP contribution in [0.1, 0.15) is 19.8 Å². The number of unbranched alkanes of at least 4 members (excludes halogenated alkanes) is 1. The van der Waals surface area contributed by atoms with Gasteiger partial charge >= 0.3 is 0 Å². The molecule has 0 aliphatic heterocycles. The average Bonchev–Trinajstić information content (AvgIpc) is 2.16. The molecule has 0 spiro atoms. The summed E-state index contributed by atoms with van der Waals surface area (Å²) in [4.78, 5) is 0. The van der Waals surface area contributed by atoms with Gasteiger partial charge in [-0.25, -0.2) is 0 Å². The van der Waals surface area contributed by atoms with Gasteiger partial charge in [-0.3, -0.25) is 0 Å². The van der Waals surface area contributed by atoms with E-state index in [4.69, 9.17) is 24.4 Å². The van der Waals surface area contributed by atoms with E-state index in [1.54, 1.807) is 0 Å². The number of rotatable bonds is 5. The zero-order valence-corrected chi connectivity index (χ0v) is 9.57. The number of anilines is 2. The Bertz CT molecular complexity index is 350. The van der Waals surface area contributed by atoms with Gasteiger partial charge in [0.25, 0.3) is 0 Å². The van der Waals surface area contributed by atoms with Crippen molar-refractivity contribution in [1.82, 2.24) is 0 Å². The van der Waals surface area contributed by atoms with Crippen LogP contribution in [0.2, 0.25) is 0 Å². The fourth-order valence-corrected chi connectivity index (χ4v) is 1.77. The molecule has 0 heterocycles. The SMILES string of the molecule is CCCCNc1c(NC)c(=S)c1=S. The monoisotopic (exact) mass is 214 g/mol. The molecule has 0 aliphatic carbocycles. The zero-order valence-electron chi connectivity index (χ0n) is 7.94. The fraction of sp³-hybridized carbons (Fsp3) is 0.556. The van der Waals surface area contributed by atoms with Crippen LogP contribution in [0.25, 0.3) is 0 Å². The van der Waals surface area contributed by atoms with Crippen molar-refractivity contribution in [3.05, 3.63) is 9.02 Å². The molecule has 0 aromatic heterocycles. The molecular formula is C9H14N2S2. The van der Waals surface area contributed by atoms with Gasteiger partial charge in [-0.2, -0.15) is 0 Å². The molecule has 2 N–H and O–H groups in total. The molecule has 0 aliphatic rings. The second-order valence-corrected chi connectivity index (χ2v) is 3.76. The first-order valence-corrected chi connectivity index (χ1v) is 5.29. The highest BCUT2D eigenvalue weighted by molar-refractivity contribution is 7.74. The average molecular weight is 214 g/mol. The summed E-state index contributed by atoms with van der Waals surface area (Å²) in [5.74, 6) is 0. The molecular weight excluding hydrogens is 200 g/mol. The molecule has 0 amide bonds. The van der Waals surface area contributed by atoms with Crippen LogP contribution < -0.4 is 10.6 Å². The molecule has 1 aromatic carbocycles. The van der Waals surface area contributed by atoms with Gasteiger partial charge in [0, 0.05) is 13.6 Å². The van der Waals surface area contributed by atoms with Crippen LogP contribution in [0.15, 0.2) is 0 Å². The summed E-state index contributed by atoms with van der Waals surface area (Å²) in [7, 11) is 1.87. The van der Waals surface area contributed by atoms with Crippen molar-refractivity contribution >= 4 is 35.8 Å². The summed E-state index contributed by atoms with van der Waals surface area (Å²) < 4.78 is 1.59. The first kappa shape index (κ1) is 10.6. The number of hydrogen-bond acceptors (Lipinski definition) is 4. The van der Waals surface area contributed by atoms with Crippen LogP contribution in [-0.4, -0.2) is 13.6 Å². The van der Waals surface area contributed by atoms with Crippen molar-refractivity contribution < 1.29 is 0 Å². The summed E-state index contributed by atoms with van der Waals surface area (Å²) in [5, 5.41) is 6.34. The smallest absolute Gasteiger partial charge is 0.0832 e. The summed E-state index contributed by atoms with van der Waals surface area (Å²) in [6.45, 7) is 3.14. The van der Waals surface area contributed by atoms with Crippen molar-refractivity contribution in [3.8, 4) is 0 Å². The maximum atomic E-state index is 5.12. The Hall–Kier alpha value is -0.480. The first-order valence-electron chi connectivity index (χ1n) is 4.47. The highest BCUT2D eigenvalue weighted by Gasteiger charge is 2.11. The lowest BCUT2D eigenvalue weighted by molar-refractivity contribution is 0.833. The predicted molar refractivity (Wildman–Crippen MR) is 63.4 cm³/mol. The summed E-state index contributed by atoms with van der Waals surface area (Å²) >= 11 is 10.2. The summed E-state index contributed by atoms with van der Waals surface area (Å²) in [6.07, 6.45) is 2.35. The van der Waals surface area contributed by atoms with Crippen LogP contribution >= 0.6 is 24.4 Å². The minimum Gasteiger partial charge on any atom is -0.385 e. The Labute approximate surface area is 89.1 Å². The van der Waals surface area contributed by atoms with Crippen LogP contribution in [0.3, 0.4) is 0 Å². The largest absolute Gasteiger partial charge is 0.385 e. The third-order valence-corrected chi connectivity index (χ3v) is 2.94. The van der Waals surface area contributed by atoms with E-state index in [1.807, 2.05) is 7.05 Å². The molecule has 4 heteroatoms. The normalized spacial score (nSPS) is 10.3. The lowest BCUT2D eigenvalue weighted by atomic mass is 10.2. The fourth-order valence-electron chi connectivity index (χ4n) is 1.19. The Balaban J connectivity index is 2.62. The zero-order chi connectivity index (χ0) is 9.84. The van der Waals surface area contributed by atoms with Gasteiger partial charge < -0.3 is 10.6 Å². The molecule has 1 rings (SSSR count). The van der Waals surface area contributed by atoms with Crippen molar-refractivity contribution in [3.63, 3.8) is 0 Å². The molecule has 2 nitrogen and oxygen atoms in total. The molecule has 0 radical (unpaired) electrons. The maximum absolute atomic E-state index is 5.12. The van der Waals surface area contributed by atoms with Gasteiger partial charge in [0.2, 0.25) is 0 Å². The third kappa shape index (κ3) is 2.06. The van der Waals surface area contributed by atoms with Crippen molar-refractivity contribution in [2.45, 2.75) is 19.8 Å². The lowest BCUT2D eigenvalue weighted by Gasteiger charge is -2.15. The minimum atomic E-state index is 0.788. The highest BCUT2D eigenvalue weighted by atomic mass is 32.1. The van der Waals surface area contributed by atoms with Crippen molar-refractivity contribution in [2.24, 2.45) is 0 Å². The first-order chi connectivity index (χ1) is 6.22. The number of nitrogens with one attached hydrogen (secondary N) is 2. The summed E-state index contributed by atoms with van der Waals surface area (Å²) in [5.41, 5.74) is 2.02. The second-order valence-electron chi connectivity index (χ2n) is 2.94. The summed E-state index contributed by atoms with van der Waals surface area (Å²) in [6, 6.07) is 0. The van der Waals surface area contributed by atoms with Gasteiger partial charge in [0.05, 0.1) is 20.4 Å². The maximum Gasteiger partial charge on any atom is 0.0832 e. The molecule has 0 saturated heterocycles. The number of hydrogen-bond donors (Lipinski definition) is 2. The van der Waals surface area contributed by atoms with Gasteiger partial charge in [-0.05, 0) is 6.42 Å². The van der Waals surface area contributed by atoms with Gasteiger partial charge in [0.15, 0.2) is 0 Å². The molecule has 0 unspecified atom stereocenters. The quantitative estimate of drug-likeness (QED) is 0.580. The Morgan fingerprint density at radius 3 is 2.31 bits per heavy atom. The third-order valence-electron chi connectivity index (χ3n) is 1.99. The lowest BCUT2D eigenvalue weighted by Crippen LogP contribution is -2.08. The van der Waals surface area contributed by atoms with E-state index in [0.29, 0.717) is 0 Å². The predicted octanol–water partition coefficient (Wildman–Crippen LogP) is 3.27. The molecule has 0 atom stereocenters. The van der Waals surface area contributed by atoms with Gasteiger partial charge in [-0.1, -0.05) is 37.8 Å². The highest BCUT2D eigenvalue weighted by Crippen LogP contribution is 2.31.